The van der Waals surface area contributed by atoms with Crippen molar-refractivity contribution in [2.75, 3.05) is 33.1 Å². The van der Waals surface area contributed by atoms with Gasteiger partial charge >= 0.3 is 0 Å². The molecule has 5 nitrogen and oxygen atoms in total. The first kappa shape index (κ1) is 18.6. The van der Waals surface area contributed by atoms with Crippen molar-refractivity contribution >= 4 is 17.7 Å². The fourth-order valence-corrected chi connectivity index (χ4v) is 4.30. The molecule has 1 heterocycles. The Morgan fingerprint density at radius 3 is 2.65 bits per heavy atom. The average molecular weight is 373 g/mol. The van der Waals surface area contributed by atoms with E-state index in [0.29, 0.717) is 24.7 Å². The van der Waals surface area contributed by atoms with Crippen LogP contribution in [0.4, 0.5) is 0 Å². The Labute approximate surface area is 158 Å². The van der Waals surface area contributed by atoms with E-state index in [4.69, 9.17) is 14.2 Å². The molecule has 3 rings (SSSR count). The van der Waals surface area contributed by atoms with Gasteiger partial charge < -0.3 is 19.1 Å². The number of hydrogen-bond acceptors (Lipinski definition) is 5. The minimum Gasteiger partial charge on any atom is -0.493 e. The highest BCUT2D eigenvalue weighted by atomic mass is 32.2. The van der Waals surface area contributed by atoms with Crippen LogP contribution in [0.5, 0.6) is 11.5 Å². The quantitative estimate of drug-likeness (QED) is 0.743. The number of benzene rings is 2. The van der Waals surface area contributed by atoms with Gasteiger partial charge in [-0.1, -0.05) is 42.5 Å². The lowest BCUT2D eigenvalue weighted by Gasteiger charge is -2.26. The summed E-state index contributed by atoms with van der Waals surface area (Å²) in [6, 6.07) is 15.6. The van der Waals surface area contributed by atoms with Crippen LogP contribution in [-0.2, 0) is 16.1 Å². The van der Waals surface area contributed by atoms with Crippen molar-refractivity contribution in [3.63, 3.8) is 0 Å². The number of amides is 1. The van der Waals surface area contributed by atoms with Crippen LogP contribution in [-0.4, -0.2) is 43.9 Å². The monoisotopic (exact) mass is 373 g/mol. The molecule has 0 saturated carbocycles. The van der Waals surface area contributed by atoms with E-state index in [-0.39, 0.29) is 17.9 Å². The van der Waals surface area contributed by atoms with Gasteiger partial charge in [0, 0.05) is 17.9 Å². The molecule has 1 fully saturated rings. The molecule has 138 valence electrons. The Hall–Kier alpha value is -2.18. The van der Waals surface area contributed by atoms with Crippen molar-refractivity contribution in [2.24, 2.45) is 0 Å². The summed E-state index contributed by atoms with van der Waals surface area (Å²) in [5.41, 5.74) is 2.01. The second kappa shape index (κ2) is 8.96. The molecule has 0 bridgehead atoms. The van der Waals surface area contributed by atoms with Gasteiger partial charge in [-0.3, -0.25) is 4.79 Å². The molecule has 1 atom stereocenters. The van der Waals surface area contributed by atoms with Gasteiger partial charge in [-0.2, -0.15) is 0 Å². The number of carbonyl (C=O) groups excluding carboxylic acids is 1. The van der Waals surface area contributed by atoms with Gasteiger partial charge in [0.15, 0.2) is 11.5 Å². The van der Waals surface area contributed by atoms with E-state index in [1.54, 1.807) is 26.0 Å². The number of para-hydroxylation sites is 1. The molecule has 0 aromatic heterocycles. The SMILES string of the molecule is COc1cccc(C2SCCN2C(=O)COCc2ccccc2)c1OC. The lowest BCUT2D eigenvalue weighted by Crippen LogP contribution is -2.33. The van der Waals surface area contributed by atoms with Crippen LogP contribution in [0.15, 0.2) is 48.5 Å². The number of hydrogen-bond donors (Lipinski definition) is 0. The van der Waals surface area contributed by atoms with E-state index < -0.39 is 0 Å². The zero-order chi connectivity index (χ0) is 18.4. The van der Waals surface area contributed by atoms with Crippen LogP contribution < -0.4 is 9.47 Å². The van der Waals surface area contributed by atoms with E-state index in [2.05, 4.69) is 0 Å². The standard InChI is InChI=1S/C20H23NO4S/c1-23-17-10-6-9-16(19(17)24-2)20-21(11-12-26-20)18(22)14-25-13-15-7-4-3-5-8-15/h3-10,20H,11-14H2,1-2H3. The molecule has 1 aliphatic heterocycles. The molecule has 2 aromatic carbocycles. The molecule has 0 N–H and O–H groups in total. The third kappa shape index (κ3) is 4.14. The van der Waals surface area contributed by atoms with Crippen molar-refractivity contribution in [1.29, 1.82) is 0 Å². The van der Waals surface area contributed by atoms with E-state index in [1.807, 2.05) is 53.4 Å². The van der Waals surface area contributed by atoms with E-state index in [0.717, 1.165) is 16.9 Å². The largest absolute Gasteiger partial charge is 0.493 e. The lowest BCUT2D eigenvalue weighted by molar-refractivity contribution is -0.136. The molecule has 0 radical (unpaired) electrons. The van der Waals surface area contributed by atoms with Gasteiger partial charge in [0.05, 0.1) is 20.8 Å². The number of methoxy groups -OCH3 is 2. The third-order valence-electron chi connectivity index (χ3n) is 4.25. The van der Waals surface area contributed by atoms with Crippen LogP contribution in [0.1, 0.15) is 16.5 Å². The molecule has 1 unspecified atom stereocenters. The second-order valence-electron chi connectivity index (χ2n) is 5.87. The minimum atomic E-state index is -0.0899. The maximum absolute atomic E-state index is 12.7. The van der Waals surface area contributed by atoms with Crippen molar-refractivity contribution < 1.29 is 19.0 Å². The molecular formula is C20H23NO4S. The molecule has 2 aromatic rings. The number of nitrogens with zero attached hydrogens (tertiary/aromatic N) is 1. The summed E-state index contributed by atoms with van der Waals surface area (Å²) < 4.78 is 16.5. The van der Waals surface area contributed by atoms with Gasteiger partial charge in [-0.05, 0) is 11.6 Å². The number of rotatable bonds is 7. The zero-order valence-electron chi connectivity index (χ0n) is 15.0. The third-order valence-corrected chi connectivity index (χ3v) is 5.49. The zero-order valence-corrected chi connectivity index (χ0v) is 15.8. The van der Waals surface area contributed by atoms with Gasteiger partial charge in [-0.25, -0.2) is 0 Å². The molecule has 1 aliphatic rings. The molecule has 0 spiro atoms. The summed E-state index contributed by atoms with van der Waals surface area (Å²) in [6.07, 6.45) is 0. The molecule has 6 heteroatoms. The van der Waals surface area contributed by atoms with Crippen LogP contribution in [0.2, 0.25) is 0 Å². The summed E-state index contributed by atoms with van der Waals surface area (Å²) in [7, 11) is 3.24. The number of carbonyl (C=O) groups is 1. The molecular weight excluding hydrogens is 350 g/mol. The van der Waals surface area contributed by atoms with E-state index in [1.165, 1.54) is 0 Å². The Balaban J connectivity index is 1.67. The maximum atomic E-state index is 12.7. The predicted octanol–water partition coefficient (Wildman–Crippen LogP) is 3.49. The van der Waals surface area contributed by atoms with Crippen molar-refractivity contribution in [3.05, 3.63) is 59.7 Å². The first-order chi connectivity index (χ1) is 12.7. The Bertz CT molecular complexity index is 738. The normalized spacial score (nSPS) is 16.5. The number of ether oxygens (including phenoxy) is 3. The van der Waals surface area contributed by atoms with E-state index in [9.17, 15) is 4.79 Å². The summed E-state index contributed by atoms with van der Waals surface area (Å²) in [4.78, 5) is 14.5. The van der Waals surface area contributed by atoms with Gasteiger partial charge in [-0.15, -0.1) is 11.8 Å². The molecule has 26 heavy (non-hydrogen) atoms. The average Bonchev–Trinajstić information content (AvgIpc) is 3.17. The highest BCUT2D eigenvalue weighted by Gasteiger charge is 2.33. The topological polar surface area (TPSA) is 48.0 Å². The summed E-state index contributed by atoms with van der Waals surface area (Å²) in [5, 5.41) is -0.0899. The smallest absolute Gasteiger partial charge is 0.249 e. The summed E-state index contributed by atoms with van der Waals surface area (Å²) in [6.45, 7) is 1.20. The lowest BCUT2D eigenvalue weighted by atomic mass is 10.1. The highest BCUT2D eigenvalue weighted by molar-refractivity contribution is 7.99. The van der Waals surface area contributed by atoms with Crippen molar-refractivity contribution in [1.82, 2.24) is 4.90 Å². The fourth-order valence-electron chi connectivity index (χ4n) is 3.00. The second-order valence-corrected chi connectivity index (χ2v) is 7.06. The fraction of sp³-hybridized carbons (Fsp3) is 0.350. The summed E-state index contributed by atoms with van der Waals surface area (Å²) >= 11 is 1.72. The molecule has 1 saturated heterocycles. The maximum Gasteiger partial charge on any atom is 0.249 e. The predicted molar refractivity (Wildman–Crippen MR) is 103 cm³/mol. The highest BCUT2D eigenvalue weighted by Crippen LogP contribution is 2.45. The van der Waals surface area contributed by atoms with Crippen molar-refractivity contribution in [2.45, 2.75) is 12.0 Å². The Kier molecular flexibility index (Phi) is 6.41. The summed E-state index contributed by atoms with van der Waals surface area (Å²) in [5.74, 6) is 2.22. The minimum absolute atomic E-state index is 0.0131. The Morgan fingerprint density at radius 2 is 1.92 bits per heavy atom. The molecule has 1 amide bonds. The Morgan fingerprint density at radius 1 is 1.12 bits per heavy atom. The first-order valence-electron chi connectivity index (χ1n) is 8.48. The van der Waals surface area contributed by atoms with Crippen LogP contribution in [0.3, 0.4) is 0 Å². The van der Waals surface area contributed by atoms with Gasteiger partial charge in [0.25, 0.3) is 0 Å². The van der Waals surface area contributed by atoms with Crippen LogP contribution >= 0.6 is 11.8 Å². The van der Waals surface area contributed by atoms with Crippen molar-refractivity contribution in [3.8, 4) is 11.5 Å². The van der Waals surface area contributed by atoms with Crippen LogP contribution in [0, 0.1) is 0 Å². The van der Waals surface area contributed by atoms with Gasteiger partial charge in [0.1, 0.15) is 12.0 Å². The number of thioether (sulfide) groups is 1. The van der Waals surface area contributed by atoms with Crippen LogP contribution in [0.25, 0.3) is 0 Å². The van der Waals surface area contributed by atoms with Gasteiger partial charge in [0.2, 0.25) is 5.91 Å². The van der Waals surface area contributed by atoms with E-state index >= 15 is 0 Å². The molecule has 0 aliphatic carbocycles. The first-order valence-corrected chi connectivity index (χ1v) is 9.53.